The summed E-state index contributed by atoms with van der Waals surface area (Å²) in [6.45, 7) is -2.10. The Kier molecular flexibility index (Phi) is 3.36. The van der Waals surface area contributed by atoms with E-state index in [4.69, 9.17) is 10.2 Å². The van der Waals surface area contributed by atoms with Gasteiger partial charge in [0.2, 0.25) is 0 Å². The van der Waals surface area contributed by atoms with Gasteiger partial charge in [0, 0.05) is 6.54 Å². The minimum Gasteiger partial charge on any atom is -0.395 e. The number of aliphatic hydroxyl groups excluding tert-OH is 3. The molecule has 3 N–H and O–H groups in total. The predicted octanol–water partition coefficient (Wildman–Crippen LogP) is -1.05. The molecule has 1 aliphatic rings. The van der Waals surface area contributed by atoms with Crippen LogP contribution in [-0.4, -0.2) is 64.3 Å². The number of nitrogens with zero attached hydrogens (tertiary/aromatic N) is 1. The first-order chi connectivity index (χ1) is 6.35. The third-order valence-corrected chi connectivity index (χ3v) is 2.25. The summed E-state index contributed by atoms with van der Waals surface area (Å²) in [5, 5.41) is 27.0. The molecule has 1 saturated heterocycles. The van der Waals surface area contributed by atoms with Crippen LogP contribution < -0.4 is 0 Å². The number of halogens is 3. The van der Waals surface area contributed by atoms with E-state index in [2.05, 4.69) is 0 Å². The molecular formula is C7H12F3NO3. The first kappa shape index (κ1) is 11.7. The molecule has 0 amide bonds. The van der Waals surface area contributed by atoms with Crippen molar-refractivity contribution < 1.29 is 28.5 Å². The van der Waals surface area contributed by atoms with Crippen LogP contribution in [0.2, 0.25) is 0 Å². The van der Waals surface area contributed by atoms with E-state index < -0.39 is 37.6 Å². The monoisotopic (exact) mass is 215 g/mol. The smallest absolute Gasteiger partial charge is 0.395 e. The zero-order chi connectivity index (χ0) is 10.9. The van der Waals surface area contributed by atoms with Crippen molar-refractivity contribution >= 4 is 0 Å². The van der Waals surface area contributed by atoms with E-state index in [1.165, 1.54) is 0 Å². The van der Waals surface area contributed by atoms with Crippen LogP contribution in [0, 0.1) is 0 Å². The summed E-state index contributed by atoms with van der Waals surface area (Å²) in [6, 6.07) is -1.04. The molecule has 14 heavy (non-hydrogen) atoms. The highest BCUT2D eigenvalue weighted by atomic mass is 19.4. The summed E-state index contributed by atoms with van der Waals surface area (Å²) >= 11 is 0. The number of rotatable bonds is 2. The van der Waals surface area contributed by atoms with Gasteiger partial charge in [-0.05, 0) is 0 Å². The average Bonchev–Trinajstić information content (AvgIpc) is 2.24. The van der Waals surface area contributed by atoms with Crippen LogP contribution in [0.25, 0.3) is 0 Å². The highest BCUT2D eigenvalue weighted by molar-refractivity contribution is 4.93. The minimum absolute atomic E-state index is 0.272. The maximum atomic E-state index is 12.0. The molecule has 0 spiro atoms. The lowest BCUT2D eigenvalue weighted by Gasteiger charge is -2.24. The number of β-amino-alcohol motifs (C(OH)–C–C–N with tert-alkyl or cyclic N) is 1. The molecular weight excluding hydrogens is 203 g/mol. The molecule has 4 nitrogen and oxygen atoms in total. The lowest BCUT2D eigenvalue weighted by Crippen LogP contribution is -2.43. The molecule has 1 rings (SSSR count). The van der Waals surface area contributed by atoms with Gasteiger partial charge in [-0.1, -0.05) is 0 Å². The van der Waals surface area contributed by atoms with E-state index in [-0.39, 0.29) is 6.54 Å². The molecule has 0 aromatic rings. The quantitative estimate of drug-likeness (QED) is 0.550. The van der Waals surface area contributed by atoms with Crippen molar-refractivity contribution in [3.05, 3.63) is 0 Å². The van der Waals surface area contributed by atoms with Crippen molar-refractivity contribution in [2.75, 3.05) is 19.7 Å². The van der Waals surface area contributed by atoms with Crippen LogP contribution in [0.3, 0.4) is 0 Å². The van der Waals surface area contributed by atoms with E-state index >= 15 is 0 Å². The molecule has 0 aliphatic carbocycles. The van der Waals surface area contributed by atoms with Crippen molar-refractivity contribution in [2.45, 2.75) is 24.4 Å². The van der Waals surface area contributed by atoms with Crippen LogP contribution >= 0.6 is 0 Å². The molecule has 0 unspecified atom stereocenters. The van der Waals surface area contributed by atoms with Crippen LogP contribution in [0.4, 0.5) is 13.2 Å². The van der Waals surface area contributed by atoms with E-state index in [1.807, 2.05) is 0 Å². The zero-order valence-corrected chi connectivity index (χ0v) is 7.28. The highest BCUT2D eigenvalue weighted by Gasteiger charge is 2.44. The summed E-state index contributed by atoms with van der Waals surface area (Å²) in [5.41, 5.74) is 0. The Morgan fingerprint density at radius 2 is 1.86 bits per heavy atom. The number of likely N-dealkylation sites (tertiary alicyclic amines) is 1. The molecule has 0 radical (unpaired) electrons. The normalized spacial score (nSPS) is 35.1. The Bertz CT molecular complexity index is 199. The van der Waals surface area contributed by atoms with E-state index in [0.717, 1.165) is 4.90 Å². The summed E-state index contributed by atoms with van der Waals surface area (Å²) in [6.07, 6.45) is -6.94. The summed E-state index contributed by atoms with van der Waals surface area (Å²) in [5.74, 6) is 0. The van der Waals surface area contributed by atoms with E-state index in [9.17, 15) is 18.3 Å². The topological polar surface area (TPSA) is 63.9 Å². The molecule has 7 heteroatoms. The third-order valence-electron chi connectivity index (χ3n) is 2.25. The van der Waals surface area contributed by atoms with Crippen molar-refractivity contribution in [3.8, 4) is 0 Å². The number of aliphatic hydroxyl groups is 3. The van der Waals surface area contributed by atoms with Gasteiger partial charge in [0.1, 0.15) is 0 Å². The van der Waals surface area contributed by atoms with Gasteiger partial charge < -0.3 is 15.3 Å². The second-order valence-corrected chi connectivity index (χ2v) is 3.35. The Morgan fingerprint density at radius 3 is 2.29 bits per heavy atom. The molecule has 0 saturated carbocycles. The second kappa shape index (κ2) is 4.01. The second-order valence-electron chi connectivity index (χ2n) is 3.35. The van der Waals surface area contributed by atoms with Gasteiger partial charge in [0.15, 0.2) is 0 Å². The van der Waals surface area contributed by atoms with E-state index in [0.29, 0.717) is 0 Å². The van der Waals surface area contributed by atoms with Gasteiger partial charge in [-0.3, -0.25) is 4.90 Å². The SMILES string of the molecule is OC[C@H]1[C@H](O)[C@@H](O)CN1CC(F)(F)F. The maximum Gasteiger partial charge on any atom is 0.401 e. The van der Waals surface area contributed by atoms with Crippen LogP contribution in [0.5, 0.6) is 0 Å². The van der Waals surface area contributed by atoms with Crippen molar-refractivity contribution in [3.63, 3.8) is 0 Å². The van der Waals surface area contributed by atoms with Crippen LogP contribution in [0.1, 0.15) is 0 Å². The fraction of sp³-hybridized carbons (Fsp3) is 1.00. The first-order valence-corrected chi connectivity index (χ1v) is 4.13. The Labute approximate surface area is 78.6 Å². The lowest BCUT2D eigenvalue weighted by molar-refractivity contribution is -0.150. The molecule has 0 aromatic carbocycles. The van der Waals surface area contributed by atoms with Crippen molar-refractivity contribution in [2.24, 2.45) is 0 Å². The maximum absolute atomic E-state index is 12.0. The molecule has 3 atom stereocenters. The Morgan fingerprint density at radius 1 is 1.29 bits per heavy atom. The Balaban J connectivity index is 2.61. The van der Waals surface area contributed by atoms with Gasteiger partial charge in [0.25, 0.3) is 0 Å². The molecule has 0 bridgehead atoms. The fourth-order valence-electron chi connectivity index (χ4n) is 1.59. The lowest BCUT2D eigenvalue weighted by atomic mass is 10.1. The minimum atomic E-state index is -4.39. The first-order valence-electron chi connectivity index (χ1n) is 4.13. The van der Waals surface area contributed by atoms with Crippen molar-refractivity contribution in [1.82, 2.24) is 4.90 Å². The molecule has 1 aliphatic heterocycles. The third kappa shape index (κ3) is 2.57. The standard InChI is InChI=1S/C7H12F3NO3/c8-7(9,10)3-11-1-5(13)6(14)4(11)2-12/h4-6,12-14H,1-3H2/t4-,5-,6-/m0/s1. The van der Waals surface area contributed by atoms with Crippen molar-refractivity contribution in [1.29, 1.82) is 0 Å². The average molecular weight is 215 g/mol. The molecule has 1 heterocycles. The van der Waals surface area contributed by atoms with Gasteiger partial charge in [0.05, 0.1) is 31.4 Å². The Hall–Kier alpha value is -0.370. The van der Waals surface area contributed by atoms with Gasteiger partial charge in [-0.25, -0.2) is 0 Å². The zero-order valence-electron chi connectivity index (χ0n) is 7.28. The van der Waals surface area contributed by atoms with Gasteiger partial charge >= 0.3 is 6.18 Å². The predicted molar refractivity (Wildman–Crippen MR) is 40.5 cm³/mol. The summed E-state index contributed by atoms with van der Waals surface area (Å²) in [7, 11) is 0. The van der Waals surface area contributed by atoms with Crippen LogP contribution in [0.15, 0.2) is 0 Å². The molecule has 1 fully saturated rings. The van der Waals surface area contributed by atoms with Crippen LogP contribution in [-0.2, 0) is 0 Å². The van der Waals surface area contributed by atoms with E-state index in [1.54, 1.807) is 0 Å². The highest BCUT2D eigenvalue weighted by Crippen LogP contribution is 2.24. The molecule has 84 valence electrons. The number of alkyl halides is 3. The summed E-state index contributed by atoms with van der Waals surface area (Å²) in [4.78, 5) is 0.829. The summed E-state index contributed by atoms with van der Waals surface area (Å²) < 4.78 is 36.0. The number of hydrogen-bond acceptors (Lipinski definition) is 4. The van der Waals surface area contributed by atoms with Gasteiger partial charge in [-0.2, -0.15) is 13.2 Å². The largest absolute Gasteiger partial charge is 0.401 e. The number of hydrogen-bond donors (Lipinski definition) is 3. The molecule has 0 aromatic heterocycles. The fourth-order valence-corrected chi connectivity index (χ4v) is 1.59. The van der Waals surface area contributed by atoms with Gasteiger partial charge in [-0.15, -0.1) is 0 Å².